The molecule has 0 aliphatic carbocycles. The highest BCUT2D eigenvalue weighted by Crippen LogP contribution is 2.45. The lowest BCUT2D eigenvalue weighted by molar-refractivity contribution is 0.812. The van der Waals surface area contributed by atoms with Crippen molar-refractivity contribution < 1.29 is 6.85 Å². The van der Waals surface area contributed by atoms with E-state index >= 15 is 0 Å². The number of aromatic nitrogens is 2. The number of thiophene rings is 1. The first kappa shape index (κ1) is 25.5. The molecular formula is C47H38N2S. The maximum absolute atomic E-state index is 8.55. The van der Waals surface area contributed by atoms with E-state index in [9.17, 15) is 0 Å². The second-order valence-electron chi connectivity index (χ2n) is 13.6. The number of fused-ring (bicyclic) bond motifs is 5. The predicted octanol–water partition coefficient (Wildman–Crippen LogP) is 13.8. The fourth-order valence-corrected chi connectivity index (χ4v) is 8.56. The summed E-state index contributed by atoms with van der Waals surface area (Å²) in [6.45, 7) is 9.10. The van der Waals surface area contributed by atoms with Crippen LogP contribution in [0.1, 0.15) is 57.5 Å². The Morgan fingerprint density at radius 1 is 0.600 bits per heavy atom. The van der Waals surface area contributed by atoms with E-state index in [0.29, 0.717) is 5.56 Å². The Morgan fingerprint density at radius 3 is 2.10 bits per heavy atom. The zero-order valence-electron chi connectivity index (χ0n) is 33.4. The second-order valence-corrected chi connectivity index (χ2v) is 14.7. The van der Waals surface area contributed by atoms with E-state index in [-0.39, 0.29) is 47.6 Å². The highest BCUT2D eigenvalue weighted by atomic mass is 32.1. The van der Waals surface area contributed by atoms with Crippen LogP contribution in [0.3, 0.4) is 0 Å². The largest absolute Gasteiger partial charge is 0.292 e. The number of hydrogen-bond donors (Lipinski definition) is 0. The molecule has 0 fully saturated rings. The number of rotatable bonds is 6. The van der Waals surface area contributed by atoms with E-state index in [4.69, 9.17) is 11.8 Å². The highest BCUT2D eigenvalue weighted by molar-refractivity contribution is 7.26. The fourth-order valence-electron chi connectivity index (χ4n) is 7.32. The summed E-state index contributed by atoms with van der Waals surface area (Å²) in [5.41, 5.74) is 10.1. The van der Waals surface area contributed by atoms with Gasteiger partial charge in [-0.2, -0.15) is 0 Å². The standard InChI is InChI=1S/C47H38N2S/c1-29(2)39-26-36(32-16-9-6-10-17-32)27-40(30(3)4)45(39)49-43-21-12-11-20-42(43)48-47(49)38-19-13-18-37-41-25-34-23-22-33(31-14-7-5-8-15-31)24-35(34)28-44(41)50-46(37)38/h5-30H,1-4H3/i5D,7D,8D,14D,15D. The van der Waals surface area contributed by atoms with Gasteiger partial charge < -0.3 is 0 Å². The Hall–Kier alpha value is -5.51. The molecule has 2 aromatic heterocycles. The summed E-state index contributed by atoms with van der Waals surface area (Å²) < 4.78 is 46.2. The van der Waals surface area contributed by atoms with E-state index in [1.165, 1.54) is 27.9 Å². The van der Waals surface area contributed by atoms with Crippen molar-refractivity contribution in [2.45, 2.75) is 39.5 Å². The molecule has 2 heterocycles. The minimum atomic E-state index is -0.388. The molecule has 0 radical (unpaired) electrons. The molecule has 50 heavy (non-hydrogen) atoms. The normalized spacial score (nSPS) is 13.4. The zero-order chi connectivity index (χ0) is 38.3. The van der Waals surface area contributed by atoms with Crippen molar-refractivity contribution in [1.82, 2.24) is 9.55 Å². The van der Waals surface area contributed by atoms with Crippen molar-refractivity contribution >= 4 is 53.3 Å². The van der Waals surface area contributed by atoms with Crippen LogP contribution in [0.2, 0.25) is 0 Å². The van der Waals surface area contributed by atoms with Gasteiger partial charge in [-0.3, -0.25) is 4.57 Å². The van der Waals surface area contributed by atoms with Gasteiger partial charge in [-0.1, -0.05) is 125 Å². The Bertz CT molecular complexity index is 2940. The van der Waals surface area contributed by atoms with Crippen molar-refractivity contribution in [1.29, 1.82) is 0 Å². The summed E-state index contributed by atoms with van der Waals surface area (Å²) >= 11 is 1.74. The van der Waals surface area contributed by atoms with Gasteiger partial charge in [-0.15, -0.1) is 11.3 Å². The predicted molar refractivity (Wildman–Crippen MR) is 216 cm³/mol. The first-order chi connectivity index (χ1) is 26.5. The maximum atomic E-state index is 8.55. The SMILES string of the molecule is [2H]c1c([2H])c([2H])c(-c2ccc3cc4c(cc3c2)sc2c(-c3nc5ccccc5n3-c3c(C(C)C)cc(-c5ccccc5)cc3C(C)C)cccc24)c([2H])c1[2H]. The van der Waals surface area contributed by atoms with Gasteiger partial charge in [0.25, 0.3) is 0 Å². The number of nitrogens with zero attached hydrogens (tertiary/aromatic N) is 2. The van der Waals surface area contributed by atoms with Crippen molar-refractivity contribution in [3.8, 4) is 39.3 Å². The van der Waals surface area contributed by atoms with Crippen molar-refractivity contribution in [3.05, 3.63) is 157 Å². The lowest BCUT2D eigenvalue weighted by atomic mass is 9.88. The van der Waals surface area contributed by atoms with Crippen LogP contribution < -0.4 is 0 Å². The summed E-state index contributed by atoms with van der Waals surface area (Å²) in [4.78, 5) is 5.39. The average molecular weight is 668 g/mol. The van der Waals surface area contributed by atoms with Crippen molar-refractivity contribution in [2.24, 2.45) is 0 Å². The molecule has 242 valence electrons. The van der Waals surface area contributed by atoms with Gasteiger partial charge in [0.1, 0.15) is 5.82 Å². The molecule has 0 saturated carbocycles. The van der Waals surface area contributed by atoms with Crippen LogP contribution >= 0.6 is 11.3 Å². The zero-order valence-corrected chi connectivity index (χ0v) is 29.2. The van der Waals surface area contributed by atoms with Gasteiger partial charge in [0, 0.05) is 25.7 Å². The molecule has 0 aliphatic rings. The molecule has 2 nitrogen and oxygen atoms in total. The first-order valence-corrected chi connectivity index (χ1v) is 18.0. The molecule has 0 amide bonds. The lowest BCUT2D eigenvalue weighted by Crippen LogP contribution is -2.09. The van der Waals surface area contributed by atoms with E-state index < -0.39 is 0 Å². The van der Waals surface area contributed by atoms with Gasteiger partial charge in [0.2, 0.25) is 0 Å². The van der Waals surface area contributed by atoms with Crippen molar-refractivity contribution in [3.63, 3.8) is 0 Å². The number of hydrogen-bond acceptors (Lipinski definition) is 2. The molecule has 0 N–H and O–H groups in total. The van der Waals surface area contributed by atoms with Gasteiger partial charge in [0.15, 0.2) is 0 Å². The molecule has 0 unspecified atom stereocenters. The molecule has 9 aromatic rings. The molecule has 0 spiro atoms. The van der Waals surface area contributed by atoms with Gasteiger partial charge >= 0.3 is 0 Å². The molecule has 3 heteroatoms. The van der Waals surface area contributed by atoms with Crippen LogP contribution in [0.15, 0.2) is 145 Å². The molecule has 0 aliphatic heterocycles. The Labute approximate surface area is 304 Å². The van der Waals surface area contributed by atoms with E-state index in [1.807, 2.05) is 18.2 Å². The minimum absolute atomic E-state index is 0.197. The monoisotopic (exact) mass is 667 g/mol. The van der Waals surface area contributed by atoms with E-state index in [2.05, 4.69) is 129 Å². The highest BCUT2D eigenvalue weighted by Gasteiger charge is 2.25. The number of imidazole rings is 1. The van der Waals surface area contributed by atoms with Gasteiger partial charge in [0.05, 0.1) is 23.6 Å². The van der Waals surface area contributed by atoms with Crippen LogP contribution in [0, 0.1) is 0 Å². The fraction of sp³-hybridized carbons (Fsp3) is 0.128. The molecule has 9 rings (SSSR count). The average Bonchev–Trinajstić information content (AvgIpc) is 3.76. The molecule has 0 bridgehead atoms. The quantitative estimate of drug-likeness (QED) is 0.173. The first-order valence-electron chi connectivity index (χ1n) is 19.7. The summed E-state index contributed by atoms with van der Waals surface area (Å²) in [5, 5.41) is 4.26. The number of benzene rings is 7. The summed E-state index contributed by atoms with van der Waals surface area (Å²) in [5.74, 6) is 1.41. The van der Waals surface area contributed by atoms with Crippen LogP contribution in [0.25, 0.3) is 81.3 Å². The van der Waals surface area contributed by atoms with Gasteiger partial charge in [-0.05, 0) is 105 Å². The third kappa shape index (κ3) is 5.04. The molecule has 0 atom stereocenters. The summed E-state index contributed by atoms with van der Waals surface area (Å²) in [6, 6.07) is 39.0. The third-order valence-electron chi connectivity index (χ3n) is 9.79. The Kier molecular flexibility index (Phi) is 6.17. The van der Waals surface area contributed by atoms with E-state index in [1.54, 1.807) is 11.3 Å². The molecule has 7 aromatic carbocycles. The minimum Gasteiger partial charge on any atom is -0.292 e. The Balaban J connectivity index is 1.28. The lowest BCUT2D eigenvalue weighted by Gasteiger charge is -2.24. The van der Waals surface area contributed by atoms with Crippen molar-refractivity contribution in [2.75, 3.05) is 0 Å². The summed E-state index contributed by atoms with van der Waals surface area (Å²) in [6.07, 6.45) is 0. The Morgan fingerprint density at radius 2 is 1.34 bits per heavy atom. The maximum Gasteiger partial charge on any atom is 0.147 e. The third-order valence-corrected chi connectivity index (χ3v) is 11.0. The second kappa shape index (κ2) is 12.1. The number of para-hydroxylation sites is 2. The topological polar surface area (TPSA) is 17.8 Å². The van der Waals surface area contributed by atoms with Gasteiger partial charge in [-0.25, -0.2) is 4.98 Å². The smallest absolute Gasteiger partial charge is 0.147 e. The van der Waals surface area contributed by atoms with Crippen LogP contribution in [-0.4, -0.2) is 9.55 Å². The molecule has 0 saturated heterocycles. The summed E-state index contributed by atoms with van der Waals surface area (Å²) in [7, 11) is 0. The van der Waals surface area contributed by atoms with Crippen LogP contribution in [0.5, 0.6) is 0 Å². The van der Waals surface area contributed by atoms with Crippen LogP contribution in [-0.2, 0) is 0 Å². The molecular weight excluding hydrogens is 625 g/mol. The van der Waals surface area contributed by atoms with Crippen LogP contribution in [0.4, 0.5) is 0 Å². The van der Waals surface area contributed by atoms with E-state index in [0.717, 1.165) is 53.4 Å².